The van der Waals surface area contributed by atoms with Crippen molar-refractivity contribution in [2.45, 2.75) is 0 Å². The van der Waals surface area contributed by atoms with Crippen LogP contribution in [0.25, 0.3) is 12.2 Å². The molecule has 0 saturated heterocycles. The maximum atomic E-state index is 5.33. The second kappa shape index (κ2) is 7.36. The number of rotatable bonds is 6. The molecule has 0 aliphatic carbocycles. The summed E-state index contributed by atoms with van der Waals surface area (Å²) in [5, 5.41) is 0. The zero-order valence-corrected chi connectivity index (χ0v) is 13.1. The van der Waals surface area contributed by atoms with E-state index in [9.17, 15) is 0 Å². The molecule has 0 spiro atoms. The SMILES string of the molecule is COc1ccc(/C=C\c2cc(OC)c(OC)c(OC)c2)cn1. The Morgan fingerprint density at radius 1 is 0.773 bits per heavy atom. The Kier molecular flexibility index (Phi) is 5.25. The smallest absolute Gasteiger partial charge is 0.212 e. The molecular formula is C17H19NO4. The van der Waals surface area contributed by atoms with Crippen LogP contribution in [0.1, 0.15) is 11.1 Å². The molecule has 0 bridgehead atoms. The molecule has 116 valence electrons. The van der Waals surface area contributed by atoms with E-state index in [1.165, 1.54) is 0 Å². The van der Waals surface area contributed by atoms with Crippen molar-refractivity contribution in [2.24, 2.45) is 0 Å². The molecule has 2 rings (SSSR count). The molecule has 0 fully saturated rings. The van der Waals surface area contributed by atoms with Gasteiger partial charge in [0.25, 0.3) is 0 Å². The second-order valence-corrected chi connectivity index (χ2v) is 4.43. The summed E-state index contributed by atoms with van der Waals surface area (Å²) >= 11 is 0. The number of benzene rings is 1. The van der Waals surface area contributed by atoms with E-state index in [4.69, 9.17) is 18.9 Å². The van der Waals surface area contributed by atoms with Gasteiger partial charge in [0.2, 0.25) is 11.6 Å². The Morgan fingerprint density at radius 3 is 1.86 bits per heavy atom. The van der Waals surface area contributed by atoms with Crippen molar-refractivity contribution in [3.63, 3.8) is 0 Å². The van der Waals surface area contributed by atoms with Crippen LogP contribution < -0.4 is 18.9 Å². The first-order valence-corrected chi connectivity index (χ1v) is 6.70. The van der Waals surface area contributed by atoms with Gasteiger partial charge in [-0.15, -0.1) is 0 Å². The van der Waals surface area contributed by atoms with Crippen LogP contribution in [0, 0.1) is 0 Å². The van der Waals surface area contributed by atoms with Crippen LogP contribution in [-0.2, 0) is 0 Å². The topological polar surface area (TPSA) is 49.8 Å². The number of ether oxygens (including phenoxy) is 4. The Hall–Kier alpha value is -2.69. The van der Waals surface area contributed by atoms with Gasteiger partial charge < -0.3 is 18.9 Å². The average Bonchev–Trinajstić information content (AvgIpc) is 2.59. The summed E-state index contributed by atoms with van der Waals surface area (Å²) < 4.78 is 21.0. The van der Waals surface area contributed by atoms with Crippen LogP contribution >= 0.6 is 0 Å². The minimum absolute atomic E-state index is 0.577. The van der Waals surface area contributed by atoms with Gasteiger partial charge in [0, 0.05) is 12.3 Å². The van der Waals surface area contributed by atoms with Crippen molar-refractivity contribution in [1.29, 1.82) is 0 Å². The van der Waals surface area contributed by atoms with Crippen molar-refractivity contribution in [2.75, 3.05) is 28.4 Å². The molecule has 1 heterocycles. The summed E-state index contributed by atoms with van der Waals surface area (Å²) in [5.74, 6) is 2.40. The van der Waals surface area contributed by atoms with Gasteiger partial charge in [-0.05, 0) is 29.3 Å². The summed E-state index contributed by atoms with van der Waals surface area (Å²) in [6.45, 7) is 0. The third kappa shape index (κ3) is 3.49. The third-order valence-electron chi connectivity index (χ3n) is 3.12. The third-order valence-corrected chi connectivity index (χ3v) is 3.12. The van der Waals surface area contributed by atoms with Crippen LogP contribution in [0.3, 0.4) is 0 Å². The number of aromatic nitrogens is 1. The van der Waals surface area contributed by atoms with Gasteiger partial charge >= 0.3 is 0 Å². The van der Waals surface area contributed by atoms with E-state index in [2.05, 4.69) is 4.98 Å². The molecule has 0 amide bonds. The number of hydrogen-bond donors (Lipinski definition) is 0. The molecular weight excluding hydrogens is 282 g/mol. The number of nitrogens with zero attached hydrogens (tertiary/aromatic N) is 1. The first-order valence-electron chi connectivity index (χ1n) is 6.70. The quantitative estimate of drug-likeness (QED) is 0.819. The van der Waals surface area contributed by atoms with E-state index in [-0.39, 0.29) is 0 Å². The van der Waals surface area contributed by atoms with Gasteiger partial charge in [-0.3, -0.25) is 0 Å². The molecule has 0 atom stereocenters. The summed E-state index contributed by atoms with van der Waals surface area (Å²) in [4.78, 5) is 4.16. The van der Waals surface area contributed by atoms with E-state index >= 15 is 0 Å². The summed E-state index contributed by atoms with van der Waals surface area (Å²) in [6, 6.07) is 7.51. The zero-order valence-electron chi connectivity index (χ0n) is 13.1. The molecule has 5 heteroatoms. The highest BCUT2D eigenvalue weighted by Gasteiger charge is 2.11. The lowest BCUT2D eigenvalue weighted by atomic mass is 10.1. The van der Waals surface area contributed by atoms with Crippen molar-refractivity contribution < 1.29 is 18.9 Å². The second-order valence-electron chi connectivity index (χ2n) is 4.43. The Labute approximate surface area is 130 Å². The highest BCUT2D eigenvalue weighted by atomic mass is 16.5. The van der Waals surface area contributed by atoms with Crippen molar-refractivity contribution in [1.82, 2.24) is 4.98 Å². The molecule has 2 aromatic rings. The molecule has 0 N–H and O–H groups in total. The fourth-order valence-corrected chi connectivity index (χ4v) is 2.00. The van der Waals surface area contributed by atoms with E-state index in [0.717, 1.165) is 11.1 Å². The molecule has 1 aromatic carbocycles. The Bertz CT molecular complexity index is 625. The van der Waals surface area contributed by atoms with Crippen LogP contribution in [0.5, 0.6) is 23.1 Å². The van der Waals surface area contributed by atoms with Crippen LogP contribution in [0.15, 0.2) is 30.5 Å². The van der Waals surface area contributed by atoms with E-state index in [1.807, 2.05) is 36.4 Å². The minimum atomic E-state index is 0.577. The summed E-state index contributed by atoms with van der Waals surface area (Å²) in [7, 11) is 6.36. The molecule has 22 heavy (non-hydrogen) atoms. The maximum Gasteiger partial charge on any atom is 0.212 e. The maximum absolute atomic E-state index is 5.33. The van der Waals surface area contributed by atoms with Crippen LogP contribution in [-0.4, -0.2) is 33.4 Å². The lowest BCUT2D eigenvalue weighted by molar-refractivity contribution is 0.324. The highest BCUT2D eigenvalue weighted by Crippen LogP contribution is 2.38. The fraction of sp³-hybridized carbons (Fsp3) is 0.235. The predicted molar refractivity (Wildman–Crippen MR) is 85.8 cm³/mol. The number of methoxy groups -OCH3 is 4. The normalized spacial score (nSPS) is 10.5. The predicted octanol–water partition coefficient (Wildman–Crippen LogP) is 3.29. The van der Waals surface area contributed by atoms with Crippen molar-refractivity contribution in [3.8, 4) is 23.1 Å². The molecule has 0 radical (unpaired) electrons. The van der Waals surface area contributed by atoms with Crippen molar-refractivity contribution >= 4 is 12.2 Å². The first-order chi connectivity index (χ1) is 10.7. The highest BCUT2D eigenvalue weighted by molar-refractivity contribution is 5.72. The molecule has 1 aromatic heterocycles. The lowest BCUT2D eigenvalue weighted by Gasteiger charge is -2.12. The Morgan fingerprint density at radius 2 is 1.41 bits per heavy atom. The van der Waals surface area contributed by atoms with Crippen LogP contribution in [0.2, 0.25) is 0 Å². The standard InChI is InChI=1S/C17H19NO4/c1-19-14-9-13(10-15(20-2)17(14)22-4)6-5-12-7-8-16(21-3)18-11-12/h5-11H,1-4H3/b6-5-. The number of pyridine rings is 1. The van der Waals surface area contributed by atoms with Gasteiger partial charge in [0.1, 0.15) is 0 Å². The molecule has 0 aliphatic rings. The van der Waals surface area contributed by atoms with Gasteiger partial charge in [0.05, 0.1) is 28.4 Å². The number of hydrogen-bond acceptors (Lipinski definition) is 5. The van der Waals surface area contributed by atoms with Gasteiger partial charge in [-0.25, -0.2) is 4.98 Å². The van der Waals surface area contributed by atoms with Crippen molar-refractivity contribution in [3.05, 3.63) is 41.6 Å². The molecule has 0 unspecified atom stereocenters. The zero-order chi connectivity index (χ0) is 15.9. The summed E-state index contributed by atoms with van der Waals surface area (Å²) in [6.07, 6.45) is 5.65. The average molecular weight is 301 g/mol. The summed E-state index contributed by atoms with van der Waals surface area (Å²) in [5.41, 5.74) is 1.90. The molecule has 5 nitrogen and oxygen atoms in total. The first kappa shape index (κ1) is 15.7. The van der Waals surface area contributed by atoms with Gasteiger partial charge in [-0.2, -0.15) is 0 Å². The monoisotopic (exact) mass is 301 g/mol. The molecule has 0 aliphatic heterocycles. The largest absolute Gasteiger partial charge is 0.493 e. The lowest BCUT2D eigenvalue weighted by Crippen LogP contribution is -1.95. The minimum Gasteiger partial charge on any atom is -0.493 e. The Balaban J connectivity index is 2.29. The fourth-order valence-electron chi connectivity index (χ4n) is 2.00. The van der Waals surface area contributed by atoms with Crippen LogP contribution in [0.4, 0.5) is 0 Å². The van der Waals surface area contributed by atoms with E-state index in [0.29, 0.717) is 23.1 Å². The molecule has 0 saturated carbocycles. The van der Waals surface area contributed by atoms with Gasteiger partial charge in [-0.1, -0.05) is 12.2 Å². The van der Waals surface area contributed by atoms with E-state index < -0.39 is 0 Å². The van der Waals surface area contributed by atoms with Gasteiger partial charge in [0.15, 0.2) is 11.5 Å². The van der Waals surface area contributed by atoms with E-state index in [1.54, 1.807) is 34.6 Å².